The first-order valence-corrected chi connectivity index (χ1v) is 12.8. The number of hydrogen-bond donors (Lipinski definition) is 2. The topological polar surface area (TPSA) is 123 Å². The van der Waals surface area contributed by atoms with Crippen LogP contribution in [0.1, 0.15) is 23.5 Å². The zero-order chi connectivity index (χ0) is 25.7. The number of rotatable bonds is 8. The van der Waals surface area contributed by atoms with E-state index in [1.807, 2.05) is 10.3 Å². The second-order valence-corrected chi connectivity index (χ2v) is 9.51. The largest absolute Gasteiger partial charge is 0.463 e. The van der Waals surface area contributed by atoms with Crippen LogP contribution in [0.4, 0.5) is 0 Å². The van der Waals surface area contributed by atoms with E-state index < -0.39 is 30.8 Å². The van der Waals surface area contributed by atoms with Gasteiger partial charge in [0.15, 0.2) is 17.6 Å². The second-order valence-electron chi connectivity index (χ2n) is 7.77. The molecule has 0 amide bonds. The van der Waals surface area contributed by atoms with E-state index >= 15 is 0 Å². The van der Waals surface area contributed by atoms with Crippen LogP contribution < -0.4 is 5.32 Å². The Balaban J connectivity index is 1.81. The minimum atomic E-state index is -0.812. The van der Waals surface area contributed by atoms with Crippen molar-refractivity contribution in [2.24, 2.45) is 4.99 Å². The molecule has 0 radical (unpaired) electrons. The van der Waals surface area contributed by atoms with Crippen LogP contribution >= 0.6 is 34.5 Å². The number of carbonyl (C=O) groups excluding carboxylic acids is 2. The molecule has 2 N–H and O–H groups in total. The summed E-state index contributed by atoms with van der Waals surface area (Å²) < 4.78 is 15.7. The molecule has 1 aromatic heterocycles. The number of benzene rings is 1. The van der Waals surface area contributed by atoms with Gasteiger partial charge in [-0.25, -0.2) is 9.78 Å². The van der Waals surface area contributed by atoms with Crippen LogP contribution in [0.25, 0.3) is 0 Å². The van der Waals surface area contributed by atoms with Crippen LogP contribution in [0.3, 0.4) is 0 Å². The number of aliphatic hydroxyl groups excluding tert-OH is 1. The zero-order valence-electron chi connectivity index (χ0n) is 19.3. The molecule has 1 saturated heterocycles. The maximum absolute atomic E-state index is 13.3. The van der Waals surface area contributed by atoms with Crippen molar-refractivity contribution >= 4 is 52.3 Å². The molecule has 4 rings (SSSR count). The number of amidine groups is 1. The van der Waals surface area contributed by atoms with E-state index in [-0.39, 0.29) is 25.3 Å². The summed E-state index contributed by atoms with van der Waals surface area (Å²) in [5.41, 5.74) is 1.30. The van der Waals surface area contributed by atoms with E-state index in [1.54, 1.807) is 31.3 Å². The highest BCUT2D eigenvalue weighted by Gasteiger charge is 2.37. The lowest BCUT2D eigenvalue weighted by molar-refractivity contribution is -0.163. The van der Waals surface area contributed by atoms with Gasteiger partial charge >= 0.3 is 11.9 Å². The summed E-state index contributed by atoms with van der Waals surface area (Å²) in [4.78, 5) is 36.7. The number of aliphatic imine (C=N–C) groups is 1. The number of nitrogens with zero attached hydrogens (tertiary/aromatic N) is 3. The molecule has 1 fully saturated rings. The van der Waals surface area contributed by atoms with Crippen molar-refractivity contribution in [3.8, 4) is 0 Å². The van der Waals surface area contributed by atoms with Crippen molar-refractivity contribution in [3.05, 3.63) is 61.7 Å². The van der Waals surface area contributed by atoms with E-state index in [0.29, 0.717) is 45.3 Å². The molecule has 2 aromatic rings. The van der Waals surface area contributed by atoms with E-state index in [2.05, 4.69) is 10.3 Å². The average molecular weight is 555 g/mol. The molecular formula is C23H24Cl2N4O6S. The lowest BCUT2D eigenvalue weighted by atomic mass is 9.95. The lowest BCUT2D eigenvalue weighted by Crippen LogP contribution is -2.53. The van der Waals surface area contributed by atoms with Gasteiger partial charge in [-0.05, 0) is 19.1 Å². The summed E-state index contributed by atoms with van der Waals surface area (Å²) in [5, 5.41) is 15.5. The Morgan fingerprint density at radius 1 is 1.33 bits per heavy atom. The minimum Gasteiger partial charge on any atom is -0.463 e. The lowest BCUT2D eigenvalue weighted by Gasteiger charge is -2.36. The molecule has 0 spiro atoms. The van der Waals surface area contributed by atoms with Gasteiger partial charge in [0, 0.05) is 46.0 Å². The summed E-state index contributed by atoms with van der Waals surface area (Å²) in [6, 6.07) is 3.40. The maximum Gasteiger partial charge on any atom is 0.338 e. The molecule has 36 heavy (non-hydrogen) atoms. The van der Waals surface area contributed by atoms with E-state index in [0.717, 1.165) is 0 Å². The molecule has 2 aliphatic heterocycles. The van der Waals surface area contributed by atoms with Gasteiger partial charge in [0.1, 0.15) is 12.1 Å². The number of thiazole rings is 1. The van der Waals surface area contributed by atoms with Crippen molar-refractivity contribution in [2.45, 2.75) is 19.0 Å². The maximum atomic E-state index is 13.3. The van der Waals surface area contributed by atoms with Crippen LogP contribution in [0.5, 0.6) is 0 Å². The number of halogens is 2. The first-order chi connectivity index (χ1) is 17.4. The van der Waals surface area contributed by atoms with Crippen molar-refractivity contribution in [1.29, 1.82) is 0 Å². The van der Waals surface area contributed by atoms with Gasteiger partial charge in [-0.1, -0.05) is 29.3 Å². The SMILES string of the molecule is CCOC(=O)C1=C(CN2CCOCC2C(=O)OCO)NC(c2nccs2)=NC1c1ccc(Cl)cc1Cl. The third-order valence-electron chi connectivity index (χ3n) is 5.59. The molecule has 0 bridgehead atoms. The Bertz CT molecular complexity index is 1170. The molecule has 2 atom stereocenters. The van der Waals surface area contributed by atoms with Crippen molar-refractivity contribution in [3.63, 3.8) is 0 Å². The Labute approximate surface area is 221 Å². The number of aromatic nitrogens is 1. The first-order valence-electron chi connectivity index (χ1n) is 11.1. The fraction of sp³-hybridized carbons (Fsp3) is 0.391. The van der Waals surface area contributed by atoms with Gasteiger partial charge in [-0.2, -0.15) is 0 Å². The fourth-order valence-electron chi connectivity index (χ4n) is 3.97. The number of ether oxygens (including phenoxy) is 3. The standard InChI is InChI=1S/C23H24Cl2N4O6S/c1-2-34-23(32)18-16(10-29-6-7-33-11-17(29)22(31)35-12-30)27-20(21-26-5-8-36-21)28-19(18)14-4-3-13(24)9-15(14)25/h3-5,8-9,17,19,30H,2,6-7,10-12H2,1H3,(H,27,28). The Morgan fingerprint density at radius 2 is 2.17 bits per heavy atom. The average Bonchev–Trinajstić information content (AvgIpc) is 3.39. The third-order valence-corrected chi connectivity index (χ3v) is 6.94. The summed E-state index contributed by atoms with van der Waals surface area (Å²) in [6.07, 6.45) is 1.65. The Morgan fingerprint density at radius 3 is 2.86 bits per heavy atom. The number of nitrogens with one attached hydrogen (secondary N) is 1. The molecule has 10 nitrogen and oxygen atoms in total. The summed E-state index contributed by atoms with van der Waals surface area (Å²) in [7, 11) is 0. The normalized spacial score (nSPS) is 20.5. The molecule has 0 aliphatic carbocycles. The Hall–Kier alpha value is -2.54. The van der Waals surface area contributed by atoms with Gasteiger partial charge in [0.25, 0.3) is 0 Å². The quantitative estimate of drug-likeness (QED) is 0.374. The molecule has 0 saturated carbocycles. The van der Waals surface area contributed by atoms with E-state index in [1.165, 1.54) is 11.3 Å². The van der Waals surface area contributed by atoms with Crippen molar-refractivity contribution in [2.75, 3.05) is 39.7 Å². The van der Waals surface area contributed by atoms with Crippen LogP contribution in [-0.2, 0) is 23.8 Å². The van der Waals surface area contributed by atoms with E-state index in [4.69, 9.17) is 47.5 Å². The number of carbonyl (C=O) groups is 2. The number of hydrogen-bond acceptors (Lipinski definition) is 11. The van der Waals surface area contributed by atoms with Crippen LogP contribution in [0, 0.1) is 0 Å². The van der Waals surface area contributed by atoms with Crippen molar-refractivity contribution in [1.82, 2.24) is 15.2 Å². The van der Waals surface area contributed by atoms with Gasteiger partial charge in [0.2, 0.25) is 0 Å². The highest BCUT2D eigenvalue weighted by Crippen LogP contribution is 2.37. The van der Waals surface area contributed by atoms with Crippen LogP contribution in [0.2, 0.25) is 10.0 Å². The molecular weight excluding hydrogens is 531 g/mol. The van der Waals surface area contributed by atoms with Crippen LogP contribution in [-0.4, -0.2) is 78.5 Å². The second kappa shape index (κ2) is 12.1. The van der Waals surface area contributed by atoms with Gasteiger partial charge in [-0.3, -0.25) is 14.7 Å². The molecule has 2 unspecified atom stereocenters. The summed E-state index contributed by atoms with van der Waals surface area (Å²) >= 11 is 14.0. The van der Waals surface area contributed by atoms with E-state index in [9.17, 15) is 9.59 Å². The summed E-state index contributed by atoms with van der Waals surface area (Å²) in [6.45, 7) is 2.13. The highest BCUT2D eigenvalue weighted by atomic mass is 35.5. The van der Waals surface area contributed by atoms with Crippen molar-refractivity contribution < 1.29 is 28.9 Å². The highest BCUT2D eigenvalue weighted by molar-refractivity contribution is 7.11. The minimum absolute atomic E-state index is 0.0840. The molecule has 192 valence electrons. The number of esters is 2. The smallest absolute Gasteiger partial charge is 0.338 e. The molecule has 2 aliphatic rings. The summed E-state index contributed by atoms with van der Waals surface area (Å²) in [5.74, 6) is -0.745. The fourth-order valence-corrected chi connectivity index (χ4v) is 5.07. The van der Waals surface area contributed by atoms with Crippen LogP contribution in [0.15, 0.2) is 46.0 Å². The molecule has 1 aromatic carbocycles. The predicted octanol–water partition coefficient (Wildman–Crippen LogP) is 2.55. The van der Waals surface area contributed by atoms with Gasteiger partial charge < -0.3 is 24.6 Å². The number of morpholine rings is 1. The van der Waals surface area contributed by atoms with Gasteiger partial charge in [0.05, 0.1) is 25.4 Å². The Kier molecular flexibility index (Phi) is 8.94. The monoisotopic (exact) mass is 554 g/mol. The number of aliphatic hydroxyl groups is 1. The first kappa shape index (κ1) is 26.5. The molecule has 13 heteroatoms. The zero-order valence-corrected chi connectivity index (χ0v) is 21.6. The third kappa shape index (κ3) is 5.88. The molecule has 3 heterocycles. The predicted molar refractivity (Wildman–Crippen MR) is 134 cm³/mol. The van der Waals surface area contributed by atoms with Gasteiger partial charge in [-0.15, -0.1) is 11.3 Å².